The number of rotatable bonds is 5. The standard InChI is InChI=1S/C13H13F3N4S/c1-2-17-5-9-6-19-12(20-7-9)21-11-4-3-10(8-18-11)13(14,15)16/h3-4,6-8,17H,2,5H2,1H3. The van der Waals surface area contributed by atoms with Crippen molar-refractivity contribution in [2.45, 2.75) is 29.8 Å². The zero-order chi connectivity index (χ0) is 15.3. The summed E-state index contributed by atoms with van der Waals surface area (Å²) < 4.78 is 37.2. The SMILES string of the molecule is CCNCc1cnc(Sc2ccc(C(F)(F)F)cn2)nc1. The van der Waals surface area contributed by atoms with E-state index in [0.717, 1.165) is 36.1 Å². The summed E-state index contributed by atoms with van der Waals surface area (Å²) in [6, 6.07) is 2.30. The molecule has 21 heavy (non-hydrogen) atoms. The van der Waals surface area contributed by atoms with Crippen LogP contribution < -0.4 is 5.32 Å². The molecule has 2 heterocycles. The molecule has 0 radical (unpaired) electrons. The first-order chi connectivity index (χ1) is 9.99. The van der Waals surface area contributed by atoms with Gasteiger partial charge in [-0.25, -0.2) is 15.0 Å². The second kappa shape index (κ2) is 6.86. The Morgan fingerprint density at radius 2 is 1.81 bits per heavy atom. The molecule has 0 aromatic carbocycles. The Balaban J connectivity index is 2.01. The van der Waals surface area contributed by atoms with Gasteiger partial charge in [0.25, 0.3) is 0 Å². The van der Waals surface area contributed by atoms with Gasteiger partial charge in [0.2, 0.25) is 0 Å². The molecule has 2 aromatic rings. The lowest BCUT2D eigenvalue weighted by Crippen LogP contribution is -2.12. The molecular formula is C13H13F3N4S. The average Bonchev–Trinajstić information content (AvgIpc) is 2.46. The molecule has 2 aromatic heterocycles. The Labute approximate surface area is 124 Å². The molecule has 0 spiro atoms. The van der Waals surface area contributed by atoms with Crippen LogP contribution in [0.25, 0.3) is 0 Å². The predicted molar refractivity (Wildman–Crippen MR) is 72.8 cm³/mol. The van der Waals surface area contributed by atoms with Gasteiger partial charge in [0.1, 0.15) is 5.03 Å². The Hall–Kier alpha value is -1.67. The predicted octanol–water partition coefficient (Wildman–Crippen LogP) is 3.15. The quantitative estimate of drug-likeness (QED) is 0.859. The maximum atomic E-state index is 12.4. The molecule has 0 atom stereocenters. The fourth-order valence-electron chi connectivity index (χ4n) is 1.46. The highest BCUT2D eigenvalue weighted by Gasteiger charge is 2.30. The first-order valence-electron chi connectivity index (χ1n) is 6.22. The number of halogens is 3. The molecule has 1 N–H and O–H groups in total. The van der Waals surface area contributed by atoms with E-state index in [1.165, 1.54) is 6.07 Å². The molecule has 0 bridgehead atoms. The summed E-state index contributed by atoms with van der Waals surface area (Å²) in [7, 11) is 0. The van der Waals surface area contributed by atoms with E-state index in [2.05, 4.69) is 20.3 Å². The topological polar surface area (TPSA) is 50.7 Å². The third-order valence-electron chi connectivity index (χ3n) is 2.52. The molecule has 0 aliphatic heterocycles. The maximum Gasteiger partial charge on any atom is 0.417 e. The Morgan fingerprint density at radius 3 is 2.33 bits per heavy atom. The van der Waals surface area contributed by atoms with Crippen LogP contribution in [0.5, 0.6) is 0 Å². The summed E-state index contributed by atoms with van der Waals surface area (Å²) in [5.74, 6) is 0. The van der Waals surface area contributed by atoms with Crippen LogP contribution in [0.4, 0.5) is 13.2 Å². The fraction of sp³-hybridized carbons (Fsp3) is 0.308. The van der Waals surface area contributed by atoms with E-state index in [4.69, 9.17) is 0 Å². The van der Waals surface area contributed by atoms with E-state index in [-0.39, 0.29) is 0 Å². The average molecular weight is 314 g/mol. The summed E-state index contributed by atoms with van der Waals surface area (Å²) in [6.45, 7) is 3.54. The van der Waals surface area contributed by atoms with E-state index >= 15 is 0 Å². The zero-order valence-electron chi connectivity index (χ0n) is 11.2. The minimum absolute atomic E-state index is 0.419. The van der Waals surface area contributed by atoms with E-state index < -0.39 is 11.7 Å². The van der Waals surface area contributed by atoms with Gasteiger partial charge in [-0.1, -0.05) is 6.92 Å². The second-order valence-electron chi connectivity index (χ2n) is 4.14. The number of nitrogens with zero attached hydrogens (tertiary/aromatic N) is 3. The molecule has 0 fully saturated rings. The number of hydrogen-bond acceptors (Lipinski definition) is 5. The van der Waals surface area contributed by atoms with Crippen molar-refractivity contribution in [3.63, 3.8) is 0 Å². The highest BCUT2D eigenvalue weighted by Crippen LogP contribution is 2.30. The van der Waals surface area contributed by atoms with E-state index in [1.54, 1.807) is 12.4 Å². The van der Waals surface area contributed by atoms with Crippen molar-refractivity contribution >= 4 is 11.8 Å². The van der Waals surface area contributed by atoms with E-state index in [9.17, 15) is 13.2 Å². The Bertz CT molecular complexity index is 569. The van der Waals surface area contributed by atoms with Crippen molar-refractivity contribution in [1.82, 2.24) is 20.3 Å². The van der Waals surface area contributed by atoms with Gasteiger partial charge in [-0.3, -0.25) is 0 Å². The normalized spacial score (nSPS) is 11.6. The smallest absolute Gasteiger partial charge is 0.313 e. The first-order valence-corrected chi connectivity index (χ1v) is 7.03. The van der Waals surface area contributed by atoms with Gasteiger partial charge in [-0.15, -0.1) is 0 Å². The van der Waals surface area contributed by atoms with Gasteiger partial charge < -0.3 is 5.32 Å². The van der Waals surface area contributed by atoms with Crippen LogP contribution in [-0.2, 0) is 12.7 Å². The molecular weight excluding hydrogens is 301 g/mol. The van der Waals surface area contributed by atoms with Gasteiger partial charge in [0.05, 0.1) is 5.56 Å². The van der Waals surface area contributed by atoms with Crippen molar-refractivity contribution in [2.24, 2.45) is 0 Å². The van der Waals surface area contributed by atoms with Crippen molar-refractivity contribution in [3.05, 3.63) is 41.9 Å². The highest BCUT2D eigenvalue weighted by atomic mass is 32.2. The van der Waals surface area contributed by atoms with Gasteiger partial charge >= 0.3 is 6.18 Å². The van der Waals surface area contributed by atoms with Crippen LogP contribution in [0.15, 0.2) is 40.9 Å². The Morgan fingerprint density at radius 1 is 1.10 bits per heavy atom. The molecule has 2 rings (SSSR count). The molecule has 0 saturated carbocycles. The minimum Gasteiger partial charge on any atom is -0.313 e. The largest absolute Gasteiger partial charge is 0.417 e. The summed E-state index contributed by atoms with van der Waals surface area (Å²) >= 11 is 1.12. The number of alkyl halides is 3. The van der Waals surface area contributed by atoms with E-state index in [1.807, 2.05) is 6.92 Å². The summed E-state index contributed by atoms with van der Waals surface area (Å²) in [6.07, 6.45) is -0.202. The number of aromatic nitrogens is 3. The van der Waals surface area contributed by atoms with Crippen LogP contribution in [0.1, 0.15) is 18.1 Å². The Kier molecular flexibility index (Phi) is 5.13. The third-order valence-corrected chi connectivity index (χ3v) is 3.36. The lowest BCUT2D eigenvalue weighted by molar-refractivity contribution is -0.137. The van der Waals surface area contributed by atoms with Crippen molar-refractivity contribution < 1.29 is 13.2 Å². The van der Waals surface area contributed by atoms with Crippen LogP contribution >= 0.6 is 11.8 Å². The summed E-state index contributed by atoms with van der Waals surface area (Å²) in [5.41, 5.74) is 0.176. The number of pyridine rings is 1. The van der Waals surface area contributed by atoms with Gasteiger partial charge in [0, 0.05) is 30.7 Å². The van der Waals surface area contributed by atoms with Gasteiger partial charge in [0.15, 0.2) is 5.16 Å². The minimum atomic E-state index is -4.37. The monoisotopic (exact) mass is 314 g/mol. The van der Waals surface area contributed by atoms with Crippen LogP contribution in [0.2, 0.25) is 0 Å². The highest BCUT2D eigenvalue weighted by molar-refractivity contribution is 7.99. The fourth-order valence-corrected chi connectivity index (χ4v) is 2.10. The molecule has 0 aliphatic rings. The lowest BCUT2D eigenvalue weighted by Gasteiger charge is -2.06. The molecule has 8 heteroatoms. The number of hydrogen-bond donors (Lipinski definition) is 1. The third kappa shape index (κ3) is 4.68. The van der Waals surface area contributed by atoms with Gasteiger partial charge in [-0.2, -0.15) is 13.2 Å². The first kappa shape index (κ1) is 15.7. The van der Waals surface area contributed by atoms with Crippen LogP contribution in [-0.4, -0.2) is 21.5 Å². The second-order valence-corrected chi connectivity index (χ2v) is 5.13. The van der Waals surface area contributed by atoms with Crippen LogP contribution in [0, 0.1) is 0 Å². The van der Waals surface area contributed by atoms with E-state index in [0.29, 0.717) is 16.7 Å². The molecule has 0 amide bonds. The lowest BCUT2D eigenvalue weighted by atomic mass is 10.3. The maximum absolute atomic E-state index is 12.4. The summed E-state index contributed by atoms with van der Waals surface area (Å²) in [5, 5.41) is 4.01. The van der Waals surface area contributed by atoms with Gasteiger partial charge in [-0.05, 0) is 30.4 Å². The molecule has 112 valence electrons. The molecule has 0 saturated heterocycles. The molecule has 0 aliphatic carbocycles. The van der Waals surface area contributed by atoms with Crippen molar-refractivity contribution in [1.29, 1.82) is 0 Å². The number of nitrogens with one attached hydrogen (secondary N) is 1. The zero-order valence-corrected chi connectivity index (χ0v) is 12.0. The van der Waals surface area contributed by atoms with Crippen molar-refractivity contribution in [3.8, 4) is 0 Å². The summed E-state index contributed by atoms with van der Waals surface area (Å²) in [4.78, 5) is 12.1. The molecule has 4 nitrogen and oxygen atoms in total. The van der Waals surface area contributed by atoms with Crippen molar-refractivity contribution in [2.75, 3.05) is 6.54 Å². The molecule has 0 unspecified atom stereocenters. The van der Waals surface area contributed by atoms with Crippen LogP contribution in [0.3, 0.4) is 0 Å².